The van der Waals surface area contributed by atoms with Gasteiger partial charge < -0.3 is 0 Å². The Hall–Kier alpha value is -1.28. The molecule has 2 aliphatic carbocycles. The summed E-state index contributed by atoms with van der Waals surface area (Å²) in [4.78, 5) is 0. The van der Waals surface area contributed by atoms with Crippen LogP contribution in [-0.4, -0.2) is 12.1 Å². The van der Waals surface area contributed by atoms with Crippen LogP contribution in [0.1, 0.15) is 64.2 Å². The predicted octanol–water partition coefficient (Wildman–Crippen LogP) is 4.11. The van der Waals surface area contributed by atoms with Gasteiger partial charge in [0.25, 0.3) is 0 Å². The molecule has 0 radical (unpaired) electrons. The Labute approximate surface area is 111 Å². The molecule has 0 aromatic heterocycles. The van der Waals surface area contributed by atoms with Crippen LogP contribution in [0.15, 0.2) is 10.2 Å². The quantitative estimate of drug-likeness (QED) is 0.514. The van der Waals surface area contributed by atoms with E-state index in [4.69, 9.17) is 0 Å². The average molecular weight is 242 g/mol. The summed E-state index contributed by atoms with van der Waals surface area (Å²) in [6.45, 7) is 0. The van der Waals surface area contributed by atoms with Gasteiger partial charge in [-0.3, -0.25) is 0 Å². The van der Waals surface area contributed by atoms with E-state index in [2.05, 4.69) is 33.9 Å². The molecule has 0 bridgehead atoms. The van der Waals surface area contributed by atoms with E-state index in [-0.39, 0.29) is 12.1 Å². The zero-order valence-electron chi connectivity index (χ0n) is 11.1. The van der Waals surface area contributed by atoms with Crippen LogP contribution in [0.5, 0.6) is 0 Å². The first-order valence-corrected chi connectivity index (χ1v) is 7.32. The number of hydrogen-bond acceptors (Lipinski definition) is 2. The van der Waals surface area contributed by atoms with Crippen LogP contribution in [0.2, 0.25) is 0 Å². The van der Waals surface area contributed by atoms with Gasteiger partial charge in [-0.15, -0.1) is 11.8 Å². The Kier molecular flexibility index (Phi) is 5.80. The molecule has 2 unspecified atom stereocenters. The van der Waals surface area contributed by atoms with Gasteiger partial charge >= 0.3 is 0 Å². The first-order valence-electron chi connectivity index (χ1n) is 7.32. The van der Waals surface area contributed by atoms with Crippen LogP contribution in [0.3, 0.4) is 0 Å². The molecule has 0 spiro atoms. The number of nitrogens with zero attached hydrogens (tertiary/aromatic N) is 2. The Bertz CT molecular complexity index is 351. The van der Waals surface area contributed by atoms with Gasteiger partial charge in [0.05, 0.1) is 0 Å². The third-order valence-electron chi connectivity index (χ3n) is 3.44. The number of rotatable bonds is 2. The van der Waals surface area contributed by atoms with Crippen molar-refractivity contribution in [1.29, 1.82) is 0 Å². The van der Waals surface area contributed by atoms with Crippen LogP contribution in [-0.2, 0) is 0 Å². The minimum absolute atomic E-state index is 0.123. The lowest BCUT2D eigenvalue weighted by atomic mass is 10.0. The van der Waals surface area contributed by atoms with Crippen molar-refractivity contribution >= 4 is 0 Å². The highest BCUT2D eigenvalue weighted by molar-refractivity contribution is 5.10. The van der Waals surface area contributed by atoms with Crippen LogP contribution in [0.25, 0.3) is 0 Å². The molecular formula is C16H22N2. The van der Waals surface area contributed by atoms with Crippen LogP contribution in [0, 0.1) is 23.7 Å². The van der Waals surface area contributed by atoms with Gasteiger partial charge in [-0.1, -0.05) is 37.5 Å². The van der Waals surface area contributed by atoms with Crippen molar-refractivity contribution in [2.45, 2.75) is 76.3 Å². The maximum Gasteiger partial charge on any atom is 0.131 e. The summed E-state index contributed by atoms with van der Waals surface area (Å²) in [6, 6.07) is 0.245. The van der Waals surface area contributed by atoms with Gasteiger partial charge in [-0.2, -0.15) is 10.2 Å². The van der Waals surface area contributed by atoms with E-state index in [0.717, 1.165) is 25.7 Å². The van der Waals surface area contributed by atoms with E-state index in [1.54, 1.807) is 0 Å². The van der Waals surface area contributed by atoms with Crippen LogP contribution in [0.4, 0.5) is 0 Å². The van der Waals surface area contributed by atoms with Crippen molar-refractivity contribution in [1.82, 2.24) is 0 Å². The summed E-state index contributed by atoms with van der Waals surface area (Å²) in [5.41, 5.74) is 0. The van der Waals surface area contributed by atoms with Crippen molar-refractivity contribution in [3.05, 3.63) is 0 Å². The Balaban J connectivity index is 1.91. The molecule has 2 rings (SSSR count). The fourth-order valence-corrected chi connectivity index (χ4v) is 2.31. The molecule has 0 N–H and O–H groups in total. The Morgan fingerprint density at radius 1 is 0.611 bits per heavy atom. The van der Waals surface area contributed by atoms with Gasteiger partial charge in [-0.25, -0.2) is 0 Å². The molecule has 0 aliphatic heterocycles. The van der Waals surface area contributed by atoms with Gasteiger partial charge in [-0.05, 0) is 25.7 Å². The summed E-state index contributed by atoms with van der Waals surface area (Å²) in [6.07, 6.45) is 11.7. The summed E-state index contributed by atoms with van der Waals surface area (Å²) >= 11 is 0. The van der Waals surface area contributed by atoms with Crippen molar-refractivity contribution in [2.24, 2.45) is 10.2 Å². The second kappa shape index (κ2) is 7.93. The van der Waals surface area contributed by atoms with E-state index in [1.807, 2.05) is 0 Å². The molecule has 96 valence electrons. The largest absolute Gasteiger partial charge is 0.176 e. The molecule has 0 aromatic carbocycles. The van der Waals surface area contributed by atoms with Crippen molar-refractivity contribution in [3.63, 3.8) is 0 Å². The fraction of sp³-hybridized carbons (Fsp3) is 0.750. The molecule has 2 nitrogen and oxygen atoms in total. The predicted molar refractivity (Wildman–Crippen MR) is 74.2 cm³/mol. The molecule has 18 heavy (non-hydrogen) atoms. The molecule has 0 saturated heterocycles. The average Bonchev–Trinajstić information content (AvgIpc) is 2.29. The standard InChI is InChI=1S/C16H22N2/c1-3-7-11-15(12-8-4-1)17-18-16-13-9-5-2-6-10-14-16/h15-16H,1-7,9,11,13H2. The van der Waals surface area contributed by atoms with Gasteiger partial charge in [0, 0.05) is 12.8 Å². The third-order valence-corrected chi connectivity index (χ3v) is 3.44. The second-order valence-electron chi connectivity index (χ2n) is 5.10. The molecular weight excluding hydrogens is 220 g/mol. The number of hydrogen-bond donors (Lipinski definition) is 0. The highest BCUT2D eigenvalue weighted by Gasteiger charge is 2.08. The molecule has 2 heteroatoms. The summed E-state index contributed by atoms with van der Waals surface area (Å²) in [7, 11) is 0. The Morgan fingerprint density at radius 2 is 1.11 bits per heavy atom. The monoisotopic (exact) mass is 242 g/mol. The molecule has 0 saturated carbocycles. The van der Waals surface area contributed by atoms with Crippen LogP contribution < -0.4 is 0 Å². The second-order valence-corrected chi connectivity index (χ2v) is 5.10. The lowest BCUT2D eigenvalue weighted by Gasteiger charge is -2.09. The fourth-order valence-electron chi connectivity index (χ4n) is 2.31. The maximum absolute atomic E-state index is 4.43. The topological polar surface area (TPSA) is 24.7 Å². The first kappa shape index (κ1) is 13.2. The molecule has 2 atom stereocenters. The summed E-state index contributed by atoms with van der Waals surface area (Å²) in [5.74, 6) is 12.9. The third kappa shape index (κ3) is 4.92. The van der Waals surface area contributed by atoms with Gasteiger partial charge in [0.15, 0.2) is 0 Å². The summed E-state index contributed by atoms with van der Waals surface area (Å²) in [5, 5.41) is 8.86. The lowest BCUT2D eigenvalue weighted by Crippen LogP contribution is -2.06. The van der Waals surface area contributed by atoms with Gasteiger partial charge in [0.2, 0.25) is 0 Å². The minimum atomic E-state index is 0.123. The lowest BCUT2D eigenvalue weighted by molar-refractivity contribution is 0.560. The highest BCUT2D eigenvalue weighted by atomic mass is 15.1. The normalized spacial score (nSPS) is 28.9. The van der Waals surface area contributed by atoms with E-state index < -0.39 is 0 Å². The van der Waals surface area contributed by atoms with E-state index >= 15 is 0 Å². The molecule has 0 fully saturated rings. The van der Waals surface area contributed by atoms with Crippen molar-refractivity contribution in [2.75, 3.05) is 0 Å². The molecule has 2 aliphatic rings. The van der Waals surface area contributed by atoms with Gasteiger partial charge in [0.1, 0.15) is 12.1 Å². The van der Waals surface area contributed by atoms with E-state index in [0.29, 0.717) is 0 Å². The van der Waals surface area contributed by atoms with E-state index in [1.165, 1.54) is 38.5 Å². The van der Waals surface area contributed by atoms with Crippen molar-refractivity contribution in [3.8, 4) is 23.7 Å². The highest BCUT2D eigenvalue weighted by Crippen LogP contribution is 2.14. The smallest absolute Gasteiger partial charge is 0.131 e. The number of azo groups is 1. The Morgan fingerprint density at radius 3 is 1.61 bits per heavy atom. The first-order chi connectivity index (χ1) is 8.95. The molecule has 0 heterocycles. The zero-order chi connectivity index (χ0) is 12.5. The molecule has 0 amide bonds. The zero-order valence-corrected chi connectivity index (χ0v) is 11.1. The molecule has 0 aromatic rings. The maximum atomic E-state index is 4.43. The summed E-state index contributed by atoms with van der Waals surface area (Å²) < 4.78 is 0. The van der Waals surface area contributed by atoms with Crippen LogP contribution >= 0.6 is 0 Å². The minimum Gasteiger partial charge on any atom is -0.176 e. The van der Waals surface area contributed by atoms with Crippen molar-refractivity contribution < 1.29 is 0 Å². The SMILES string of the molecule is C1#CC(N=NC2C#CCCCCC2)CCCCC1. The van der Waals surface area contributed by atoms with E-state index in [9.17, 15) is 0 Å².